The highest BCUT2D eigenvalue weighted by molar-refractivity contribution is 7.80. The lowest BCUT2D eigenvalue weighted by atomic mass is 10.1. The minimum atomic E-state index is -0.554. The van der Waals surface area contributed by atoms with Crippen molar-refractivity contribution in [3.05, 3.63) is 94.0 Å². The molecule has 31 heavy (non-hydrogen) atoms. The Kier molecular flexibility index (Phi) is 6.04. The second kappa shape index (κ2) is 8.89. The minimum absolute atomic E-state index is 0.0150. The van der Waals surface area contributed by atoms with Crippen LogP contribution in [0.2, 0.25) is 10.0 Å². The van der Waals surface area contributed by atoms with Crippen molar-refractivity contribution >= 4 is 64.1 Å². The quantitative estimate of drug-likeness (QED) is 0.306. The molecule has 154 valence electrons. The zero-order chi connectivity index (χ0) is 22.0. The predicted molar refractivity (Wildman–Crippen MR) is 126 cm³/mol. The Morgan fingerprint density at radius 3 is 1.90 bits per heavy atom. The summed E-state index contributed by atoms with van der Waals surface area (Å²) in [4.78, 5) is 26.7. The number of halogens is 2. The lowest BCUT2D eigenvalue weighted by Crippen LogP contribution is -2.54. The van der Waals surface area contributed by atoms with Crippen LogP contribution in [0.4, 0.5) is 5.69 Å². The van der Waals surface area contributed by atoms with Crippen LogP contribution in [0.5, 0.6) is 11.5 Å². The first kappa shape index (κ1) is 21.1. The van der Waals surface area contributed by atoms with Gasteiger partial charge in [-0.15, -0.1) is 0 Å². The highest BCUT2D eigenvalue weighted by Crippen LogP contribution is 2.26. The van der Waals surface area contributed by atoms with Gasteiger partial charge in [0, 0.05) is 10.0 Å². The first-order valence-corrected chi connectivity index (χ1v) is 10.3. The topological polar surface area (TPSA) is 58.6 Å². The molecule has 1 saturated heterocycles. The van der Waals surface area contributed by atoms with Gasteiger partial charge in [-0.1, -0.05) is 35.3 Å². The molecule has 5 nitrogen and oxygen atoms in total. The maximum absolute atomic E-state index is 13.0. The SMILES string of the molecule is O=C1NC(=S)N(c2ccc(Cl)cc2)C(=O)/C1=C\c1ccc(Oc2ccc(Cl)cc2)cc1. The molecule has 3 aromatic carbocycles. The Morgan fingerprint density at radius 2 is 1.32 bits per heavy atom. The van der Waals surface area contributed by atoms with E-state index in [4.69, 9.17) is 40.2 Å². The molecule has 1 fully saturated rings. The average Bonchev–Trinajstić information content (AvgIpc) is 2.75. The largest absolute Gasteiger partial charge is 0.457 e. The van der Waals surface area contributed by atoms with Crippen LogP contribution >= 0.6 is 35.4 Å². The van der Waals surface area contributed by atoms with Crippen LogP contribution in [-0.2, 0) is 9.59 Å². The summed E-state index contributed by atoms with van der Waals surface area (Å²) >= 11 is 17.0. The number of thiocarbonyl (C=S) groups is 1. The molecule has 0 unspecified atom stereocenters. The molecule has 0 saturated carbocycles. The lowest BCUT2D eigenvalue weighted by Gasteiger charge is -2.28. The molecule has 1 aliphatic rings. The molecule has 1 heterocycles. The van der Waals surface area contributed by atoms with Crippen LogP contribution in [0.1, 0.15) is 5.56 Å². The monoisotopic (exact) mass is 468 g/mol. The number of benzene rings is 3. The standard InChI is InChI=1S/C23H14Cl2N2O3S/c24-15-3-7-17(8-4-15)27-22(29)20(21(28)26-23(27)31)13-14-1-9-18(10-2-14)30-19-11-5-16(25)6-12-19/h1-13H,(H,26,28,31)/b20-13-. The molecule has 1 N–H and O–H groups in total. The molecule has 0 radical (unpaired) electrons. The van der Waals surface area contributed by atoms with Crippen molar-refractivity contribution in [2.45, 2.75) is 0 Å². The number of nitrogens with one attached hydrogen (secondary N) is 1. The number of rotatable bonds is 4. The molecule has 0 aliphatic carbocycles. The fourth-order valence-corrected chi connectivity index (χ4v) is 3.45. The van der Waals surface area contributed by atoms with Gasteiger partial charge in [-0.3, -0.25) is 19.8 Å². The van der Waals surface area contributed by atoms with Crippen LogP contribution in [0.15, 0.2) is 78.4 Å². The molecule has 0 spiro atoms. The lowest BCUT2D eigenvalue weighted by molar-refractivity contribution is -0.122. The summed E-state index contributed by atoms with van der Waals surface area (Å²) in [6.45, 7) is 0. The van der Waals surface area contributed by atoms with Crippen LogP contribution in [-0.4, -0.2) is 16.9 Å². The van der Waals surface area contributed by atoms with E-state index in [0.717, 1.165) is 0 Å². The highest BCUT2D eigenvalue weighted by Gasteiger charge is 2.34. The van der Waals surface area contributed by atoms with E-state index in [0.29, 0.717) is 32.8 Å². The number of amides is 2. The molecular formula is C23H14Cl2N2O3S. The molecule has 2 amide bonds. The third-order valence-electron chi connectivity index (χ3n) is 4.43. The molecule has 4 rings (SSSR count). The van der Waals surface area contributed by atoms with Crippen molar-refractivity contribution in [2.24, 2.45) is 0 Å². The zero-order valence-corrected chi connectivity index (χ0v) is 18.2. The second-order valence-corrected chi connectivity index (χ2v) is 7.82. The summed E-state index contributed by atoms with van der Waals surface area (Å²) in [7, 11) is 0. The summed E-state index contributed by atoms with van der Waals surface area (Å²) in [5, 5.41) is 3.72. The number of carbonyl (C=O) groups is 2. The average molecular weight is 469 g/mol. The fraction of sp³-hybridized carbons (Fsp3) is 0. The molecular weight excluding hydrogens is 455 g/mol. The van der Waals surface area contributed by atoms with E-state index < -0.39 is 11.8 Å². The van der Waals surface area contributed by atoms with Gasteiger partial charge in [0.15, 0.2) is 5.11 Å². The molecule has 0 atom stereocenters. The molecule has 8 heteroatoms. The zero-order valence-electron chi connectivity index (χ0n) is 15.8. The van der Waals surface area contributed by atoms with E-state index in [1.165, 1.54) is 11.0 Å². The Hall–Kier alpha value is -3.19. The van der Waals surface area contributed by atoms with Gasteiger partial charge in [0.05, 0.1) is 5.69 Å². The van der Waals surface area contributed by atoms with Crippen molar-refractivity contribution in [3.63, 3.8) is 0 Å². The van der Waals surface area contributed by atoms with Gasteiger partial charge >= 0.3 is 0 Å². The van der Waals surface area contributed by atoms with Gasteiger partial charge in [0.2, 0.25) is 0 Å². The van der Waals surface area contributed by atoms with Crippen LogP contribution in [0.3, 0.4) is 0 Å². The number of ether oxygens (including phenoxy) is 1. The van der Waals surface area contributed by atoms with Crippen molar-refractivity contribution < 1.29 is 14.3 Å². The van der Waals surface area contributed by atoms with E-state index >= 15 is 0 Å². The van der Waals surface area contributed by atoms with Gasteiger partial charge in [0.25, 0.3) is 11.8 Å². The van der Waals surface area contributed by atoms with Gasteiger partial charge in [0.1, 0.15) is 17.1 Å². The van der Waals surface area contributed by atoms with E-state index in [2.05, 4.69) is 5.32 Å². The first-order valence-electron chi connectivity index (χ1n) is 9.11. The van der Waals surface area contributed by atoms with E-state index in [-0.39, 0.29) is 10.7 Å². The highest BCUT2D eigenvalue weighted by atomic mass is 35.5. The fourth-order valence-electron chi connectivity index (χ4n) is 2.92. The summed E-state index contributed by atoms with van der Waals surface area (Å²) in [6.07, 6.45) is 1.51. The van der Waals surface area contributed by atoms with E-state index in [1.54, 1.807) is 72.8 Å². The second-order valence-electron chi connectivity index (χ2n) is 6.56. The van der Waals surface area contributed by atoms with Crippen molar-refractivity contribution in [1.29, 1.82) is 0 Å². The Balaban J connectivity index is 1.57. The number of hydrogen-bond donors (Lipinski definition) is 1. The van der Waals surface area contributed by atoms with Gasteiger partial charge in [-0.2, -0.15) is 0 Å². The van der Waals surface area contributed by atoms with E-state index in [1.807, 2.05) is 0 Å². The molecule has 3 aromatic rings. The summed E-state index contributed by atoms with van der Waals surface area (Å²) < 4.78 is 5.76. The predicted octanol–water partition coefficient (Wildman–Crippen LogP) is 5.62. The van der Waals surface area contributed by atoms with Crippen molar-refractivity contribution in [1.82, 2.24) is 5.32 Å². The third kappa shape index (κ3) is 4.77. The number of carbonyl (C=O) groups excluding carboxylic acids is 2. The van der Waals surface area contributed by atoms with Gasteiger partial charge in [-0.25, -0.2) is 0 Å². The number of hydrogen-bond acceptors (Lipinski definition) is 4. The summed E-state index contributed by atoms with van der Waals surface area (Å²) in [5.74, 6) is 0.177. The third-order valence-corrected chi connectivity index (χ3v) is 5.22. The molecule has 1 aliphatic heterocycles. The summed E-state index contributed by atoms with van der Waals surface area (Å²) in [5.41, 5.74) is 1.14. The van der Waals surface area contributed by atoms with Crippen LogP contribution in [0.25, 0.3) is 6.08 Å². The smallest absolute Gasteiger partial charge is 0.270 e. The van der Waals surface area contributed by atoms with Gasteiger partial charge < -0.3 is 4.74 Å². The number of nitrogens with zero attached hydrogens (tertiary/aromatic N) is 1. The number of anilines is 1. The Bertz CT molecular complexity index is 1190. The van der Waals surface area contributed by atoms with E-state index in [9.17, 15) is 9.59 Å². The van der Waals surface area contributed by atoms with Crippen molar-refractivity contribution in [2.75, 3.05) is 4.90 Å². The van der Waals surface area contributed by atoms with Crippen molar-refractivity contribution in [3.8, 4) is 11.5 Å². The maximum atomic E-state index is 13.0. The normalized spacial score (nSPS) is 15.2. The van der Waals surface area contributed by atoms with Crippen LogP contribution < -0.4 is 15.0 Å². The Morgan fingerprint density at radius 1 is 0.806 bits per heavy atom. The Labute approximate surface area is 193 Å². The first-order chi connectivity index (χ1) is 14.9. The minimum Gasteiger partial charge on any atom is -0.457 e. The van der Waals surface area contributed by atoms with Crippen LogP contribution in [0, 0.1) is 0 Å². The maximum Gasteiger partial charge on any atom is 0.270 e. The molecule has 0 aromatic heterocycles. The molecule has 0 bridgehead atoms. The summed E-state index contributed by atoms with van der Waals surface area (Å²) in [6, 6.07) is 20.6. The van der Waals surface area contributed by atoms with Gasteiger partial charge in [-0.05, 0) is 84.5 Å².